The molecule has 0 unspecified atom stereocenters. The van der Waals surface area contributed by atoms with Crippen molar-refractivity contribution in [2.24, 2.45) is 0 Å². The molecule has 1 aromatic carbocycles. The van der Waals surface area contributed by atoms with E-state index >= 15 is 0 Å². The van der Waals surface area contributed by atoms with Crippen LogP contribution in [-0.2, 0) is 14.8 Å². The highest BCUT2D eigenvalue weighted by Gasteiger charge is 2.23. The van der Waals surface area contributed by atoms with Gasteiger partial charge in [-0.3, -0.25) is 0 Å². The largest absolute Gasteiger partial charge is 0.507 e. The Morgan fingerprint density at radius 3 is 2.52 bits per heavy atom. The predicted molar refractivity (Wildman–Crippen MR) is 76.0 cm³/mol. The van der Waals surface area contributed by atoms with Crippen LogP contribution in [0, 0.1) is 0 Å². The molecule has 8 heteroatoms. The number of carboxylic acid groups (broad SMARTS) is 1. The standard InChI is InChI=1S/C13H19NO6S/c1-9(2)20-7-6-14(3)21(18,19)10-4-5-12(15)11(8-10)13(16)17/h4-5,8-9,15H,6-7H2,1-3H3,(H,16,17). The fraction of sp³-hybridized carbons (Fsp3) is 0.462. The van der Waals surface area contributed by atoms with Crippen molar-refractivity contribution in [3.63, 3.8) is 0 Å². The Morgan fingerprint density at radius 2 is 2.00 bits per heavy atom. The van der Waals surface area contributed by atoms with Gasteiger partial charge in [0.1, 0.15) is 11.3 Å². The smallest absolute Gasteiger partial charge is 0.339 e. The summed E-state index contributed by atoms with van der Waals surface area (Å²) in [5.41, 5.74) is -0.456. The highest BCUT2D eigenvalue weighted by molar-refractivity contribution is 7.89. The zero-order valence-electron chi connectivity index (χ0n) is 12.1. The molecule has 0 fully saturated rings. The molecule has 0 amide bonds. The van der Waals surface area contributed by atoms with Crippen LogP contribution in [0.5, 0.6) is 5.75 Å². The number of hydrogen-bond acceptors (Lipinski definition) is 5. The van der Waals surface area contributed by atoms with Gasteiger partial charge < -0.3 is 14.9 Å². The quantitative estimate of drug-likeness (QED) is 0.781. The van der Waals surface area contributed by atoms with Gasteiger partial charge in [0.2, 0.25) is 10.0 Å². The first-order chi connectivity index (χ1) is 9.66. The molecule has 1 rings (SSSR count). The molecule has 0 heterocycles. The monoisotopic (exact) mass is 317 g/mol. The second-order valence-electron chi connectivity index (χ2n) is 4.73. The third kappa shape index (κ3) is 4.42. The van der Waals surface area contributed by atoms with Crippen LogP contribution in [0.4, 0.5) is 0 Å². The zero-order valence-corrected chi connectivity index (χ0v) is 12.9. The summed E-state index contributed by atoms with van der Waals surface area (Å²) in [4.78, 5) is 10.7. The van der Waals surface area contributed by atoms with Gasteiger partial charge >= 0.3 is 5.97 Å². The summed E-state index contributed by atoms with van der Waals surface area (Å²) < 4.78 is 30.9. The lowest BCUT2D eigenvalue weighted by Crippen LogP contribution is -2.31. The number of likely N-dealkylation sites (N-methyl/N-ethyl adjacent to an activating group) is 1. The van der Waals surface area contributed by atoms with Gasteiger partial charge in [-0.25, -0.2) is 13.2 Å². The summed E-state index contributed by atoms with van der Waals surface area (Å²) in [5.74, 6) is -1.87. The number of benzene rings is 1. The van der Waals surface area contributed by atoms with E-state index in [4.69, 9.17) is 9.84 Å². The van der Waals surface area contributed by atoms with Gasteiger partial charge in [0, 0.05) is 13.6 Å². The number of nitrogens with zero attached hydrogens (tertiary/aromatic N) is 1. The van der Waals surface area contributed by atoms with Gasteiger partial charge in [-0.15, -0.1) is 0 Å². The highest BCUT2D eigenvalue weighted by atomic mass is 32.2. The molecule has 0 spiro atoms. The first kappa shape index (κ1) is 17.4. The molecule has 0 aliphatic heterocycles. The van der Waals surface area contributed by atoms with E-state index in [1.165, 1.54) is 7.05 Å². The average Bonchev–Trinajstić information content (AvgIpc) is 2.37. The third-order valence-electron chi connectivity index (χ3n) is 2.76. The summed E-state index contributed by atoms with van der Waals surface area (Å²) in [6, 6.07) is 3.15. The van der Waals surface area contributed by atoms with E-state index in [2.05, 4.69) is 0 Å². The molecule has 21 heavy (non-hydrogen) atoms. The van der Waals surface area contributed by atoms with E-state index in [1.54, 1.807) is 0 Å². The van der Waals surface area contributed by atoms with Crippen LogP contribution in [0.25, 0.3) is 0 Å². The molecule has 0 saturated heterocycles. The Bertz CT molecular complexity index is 611. The number of phenols is 1. The average molecular weight is 317 g/mol. The van der Waals surface area contributed by atoms with Gasteiger partial charge in [-0.05, 0) is 32.0 Å². The maximum atomic E-state index is 12.3. The van der Waals surface area contributed by atoms with Crippen molar-refractivity contribution in [1.29, 1.82) is 0 Å². The number of carbonyl (C=O) groups is 1. The van der Waals surface area contributed by atoms with Crippen LogP contribution in [0.3, 0.4) is 0 Å². The topological polar surface area (TPSA) is 104 Å². The zero-order chi connectivity index (χ0) is 16.2. The molecular formula is C13H19NO6S. The molecule has 0 aliphatic carbocycles. The Hall–Kier alpha value is -1.64. The SMILES string of the molecule is CC(C)OCCN(C)S(=O)(=O)c1ccc(O)c(C(=O)O)c1. The van der Waals surface area contributed by atoms with Gasteiger partial charge in [-0.2, -0.15) is 4.31 Å². The van der Waals surface area contributed by atoms with E-state index in [1.807, 2.05) is 13.8 Å². The summed E-state index contributed by atoms with van der Waals surface area (Å²) in [5, 5.41) is 18.3. The number of aromatic hydroxyl groups is 1. The number of carboxylic acids is 1. The molecule has 0 aliphatic rings. The van der Waals surface area contributed by atoms with Gasteiger partial charge in [0.05, 0.1) is 17.6 Å². The minimum Gasteiger partial charge on any atom is -0.507 e. The molecule has 7 nitrogen and oxygen atoms in total. The van der Waals surface area contributed by atoms with Crippen LogP contribution in [0.15, 0.2) is 23.1 Å². The lowest BCUT2D eigenvalue weighted by molar-refractivity contribution is 0.0692. The molecule has 118 valence electrons. The Kier molecular flexibility index (Phi) is 5.70. The predicted octanol–water partition coefficient (Wildman–Crippen LogP) is 1.14. The van der Waals surface area contributed by atoms with Gasteiger partial charge in [-0.1, -0.05) is 0 Å². The second kappa shape index (κ2) is 6.88. The van der Waals surface area contributed by atoms with Gasteiger partial charge in [0.15, 0.2) is 0 Å². The van der Waals surface area contributed by atoms with Crippen molar-refractivity contribution in [2.45, 2.75) is 24.8 Å². The van der Waals surface area contributed by atoms with Crippen LogP contribution in [0.1, 0.15) is 24.2 Å². The number of aromatic carboxylic acids is 1. The molecule has 0 saturated carbocycles. The van der Waals surface area contributed by atoms with E-state index in [-0.39, 0.29) is 24.2 Å². The Labute approximate surface area is 123 Å². The van der Waals surface area contributed by atoms with E-state index in [9.17, 15) is 18.3 Å². The van der Waals surface area contributed by atoms with Crippen LogP contribution in [-0.4, -0.2) is 55.2 Å². The maximum absolute atomic E-state index is 12.3. The highest BCUT2D eigenvalue weighted by Crippen LogP contribution is 2.23. The molecular weight excluding hydrogens is 298 g/mol. The van der Waals surface area contributed by atoms with Crippen molar-refractivity contribution >= 4 is 16.0 Å². The molecule has 0 bridgehead atoms. The van der Waals surface area contributed by atoms with E-state index < -0.39 is 27.3 Å². The fourth-order valence-corrected chi connectivity index (χ4v) is 2.75. The summed E-state index contributed by atoms with van der Waals surface area (Å²) >= 11 is 0. The first-order valence-corrected chi connectivity index (χ1v) is 7.74. The van der Waals surface area contributed by atoms with E-state index in [0.29, 0.717) is 0 Å². The number of rotatable bonds is 7. The van der Waals surface area contributed by atoms with Crippen molar-refractivity contribution in [2.75, 3.05) is 20.2 Å². The number of ether oxygens (including phenoxy) is 1. The van der Waals surface area contributed by atoms with Crippen LogP contribution < -0.4 is 0 Å². The lowest BCUT2D eigenvalue weighted by atomic mass is 10.2. The van der Waals surface area contributed by atoms with Crippen LogP contribution >= 0.6 is 0 Å². The summed E-state index contributed by atoms with van der Waals surface area (Å²) in [7, 11) is -2.45. The minimum atomic E-state index is -3.83. The van der Waals surface area contributed by atoms with Crippen molar-refractivity contribution in [1.82, 2.24) is 4.31 Å². The van der Waals surface area contributed by atoms with Crippen molar-refractivity contribution in [3.8, 4) is 5.75 Å². The summed E-state index contributed by atoms with van der Waals surface area (Å²) in [6.07, 6.45) is -0.00612. The third-order valence-corrected chi connectivity index (χ3v) is 4.62. The second-order valence-corrected chi connectivity index (χ2v) is 6.78. The lowest BCUT2D eigenvalue weighted by Gasteiger charge is -2.18. The van der Waals surface area contributed by atoms with Crippen LogP contribution in [0.2, 0.25) is 0 Å². The molecule has 2 N–H and O–H groups in total. The first-order valence-electron chi connectivity index (χ1n) is 6.30. The Morgan fingerprint density at radius 1 is 1.38 bits per heavy atom. The van der Waals surface area contributed by atoms with Crippen molar-refractivity contribution in [3.05, 3.63) is 23.8 Å². The normalized spacial score (nSPS) is 12.0. The van der Waals surface area contributed by atoms with Crippen molar-refractivity contribution < 1.29 is 28.2 Å². The molecule has 0 atom stereocenters. The van der Waals surface area contributed by atoms with Gasteiger partial charge in [0.25, 0.3) is 0 Å². The fourth-order valence-electron chi connectivity index (χ4n) is 1.56. The van der Waals surface area contributed by atoms with E-state index in [0.717, 1.165) is 22.5 Å². The Balaban J connectivity index is 2.97. The minimum absolute atomic E-state index is 0.00612. The number of hydrogen-bond donors (Lipinski definition) is 2. The maximum Gasteiger partial charge on any atom is 0.339 e. The molecule has 0 aromatic heterocycles. The molecule has 0 radical (unpaired) electrons. The molecule has 1 aromatic rings. The summed E-state index contributed by atoms with van der Waals surface area (Å²) in [6.45, 7) is 4.06. The number of sulfonamides is 1.